The Balaban J connectivity index is 1.95. The number of fused-ring (bicyclic) bond motifs is 1. The molecule has 1 aliphatic heterocycles. The highest BCUT2D eigenvalue weighted by Crippen LogP contribution is 2.39. The number of unbranched alkanes of at least 4 members (excludes halogenated alkanes) is 1. The predicted molar refractivity (Wildman–Crippen MR) is 107 cm³/mol. The first-order valence-corrected chi connectivity index (χ1v) is 9.72. The van der Waals surface area contributed by atoms with E-state index in [1.165, 1.54) is 0 Å². The largest absolute Gasteiger partial charge is 0.496 e. The molecule has 2 N–H and O–H groups in total. The number of nitrogens with zero attached hydrogens (tertiary/aromatic N) is 3. The lowest BCUT2D eigenvalue weighted by Crippen LogP contribution is -2.26. The zero-order chi connectivity index (χ0) is 19.6. The molecule has 0 aliphatic carbocycles. The second-order valence-corrected chi connectivity index (χ2v) is 7.41. The van der Waals surface area contributed by atoms with Crippen molar-refractivity contribution in [2.45, 2.75) is 32.9 Å². The SMILES string of the molecule is CCCCOC(=O)N1Cc2nc(N)nc(-c3cc(OC)c(Br)cc3Cl)c2C1. The predicted octanol–water partition coefficient (Wildman–Crippen LogP) is 4.40. The number of carbonyl (C=O) groups excluding carboxylic acids is 1. The van der Waals surface area contributed by atoms with E-state index in [0.29, 0.717) is 47.4 Å². The number of nitrogens with two attached hydrogens (primary N) is 1. The smallest absolute Gasteiger partial charge is 0.410 e. The summed E-state index contributed by atoms with van der Waals surface area (Å²) in [4.78, 5) is 22.6. The normalized spacial score (nSPS) is 12.8. The number of amides is 1. The second-order valence-electron chi connectivity index (χ2n) is 6.15. The van der Waals surface area contributed by atoms with Crippen LogP contribution in [0, 0.1) is 0 Å². The number of hydrogen-bond acceptors (Lipinski definition) is 6. The van der Waals surface area contributed by atoms with E-state index in [0.717, 1.165) is 22.9 Å². The maximum absolute atomic E-state index is 12.3. The van der Waals surface area contributed by atoms with Crippen LogP contribution in [0.2, 0.25) is 5.02 Å². The Hall–Kier alpha value is -2.06. The Morgan fingerprint density at radius 3 is 2.85 bits per heavy atom. The Morgan fingerprint density at radius 2 is 2.15 bits per heavy atom. The number of ether oxygens (including phenoxy) is 2. The number of aromatic nitrogens is 2. The van der Waals surface area contributed by atoms with Crippen LogP contribution in [0.3, 0.4) is 0 Å². The van der Waals surface area contributed by atoms with Gasteiger partial charge in [0, 0.05) is 11.1 Å². The number of methoxy groups -OCH3 is 1. The van der Waals surface area contributed by atoms with Crippen LogP contribution in [0.1, 0.15) is 31.0 Å². The lowest BCUT2D eigenvalue weighted by molar-refractivity contribution is 0.100. The third-order valence-corrected chi connectivity index (χ3v) is 5.21. The summed E-state index contributed by atoms with van der Waals surface area (Å²) in [5, 5.41) is 0.493. The first-order valence-electron chi connectivity index (χ1n) is 8.55. The van der Waals surface area contributed by atoms with E-state index in [1.54, 1.807) is 24.1 Å². The molecular weight excluding hydrogens is 436 g/mol. The van der Waals surface area contributed by atoms with E-state index in [1.807, 2.05) is 6.92 Å². The summed E-state index contributed by atoms with van der Waals surface area (Å²) in [5.74, 6) is 0.747. The highest BCUT2D eigenvalue weighted by Gasteiger charge is 2.30. The zero-order valence-corrected chi connectivity index (χ0v) is 17.4. The van der Waals surface area contributed by atoms with Gasteiger partial charge in [-0.05, 0) is 34.5 Å². The van der Waals surface area contributed by atoms with Crippen molar-refractivity contribution in [3.8, 4) is 17.0 Å². The summed E-state index contributed by atoms with van der Waals surface area (Å²) in [6, 6.07) is 3.53. The highest BCUT2D eigenvalue weighted by molar-refractivity contribution is 9.10. The average molecular weight is 456 g/mol. The molecule has 1 aromatic heterocycles. The minimum absolute atomic E-state index is 0.128. The van der Waals surface area contributed by atoms with Crippen LogP contribution in [0.5, 0.6) is 5.75 Å². The molecule has 2 aromatic rings. The third-order valence-electron chi connectivity index (χ3n) is 4.28. The van der Waals surface area contributed by atoms with Crippen LogP contribution in [0.15, 0.2) is 16.6 Å². The van der Waals surface area contributed by atoms with Gasteiger partial charge in [0.1, 0.15) is 5.75 Å². The fraction of sp³-hybridized carbons (Fsp3) is 0.389. The van der Waals surface area contributed by atoms with E-state index >= 15 is 0 Å². The van der Waals surface area contributed by atoms with Crippen molar-refractivity contribution in [3.05, 3.63) is 32.9 Å². The van der Waals surface area contributed by atoms with Crippen molar-refractivity contribution in [1.82, 2.24) is 14.9 Å². The molecule has 1 aromatic carbocycles. The first kappa shape index (κ1) is 19.7. The maximum atomic E-state index is 12.3. The summed E-state index contributed by atoms with van der Waals surface area (Å²) < 4.78 is 11.4. The van der Waals surface area contributed by atoms with E-state index in [9.17, 15) is 4.79 Å². The number of hydrogen-bond donors (Lipinski definition) is 1. The molecule has 3 rings (SSSR count). The van der Waals surface area contributed by atoms with Crippen molar-refractivity contribution in [2.24, 2.45) is 0 Å². The average Bonchev–Trinajstić information content (AvgIpc) is 3.05. The van der Waals surface area contributed by atoms with Gasteiger partial charge in [0.05, 0.1) is 47.7 Å². The van der Waals surface area contributed by atoms with Crippen LogP contribution in [-0.2, 0) is 17.8 Å². The zero-order valence-electron chi connectivity index (χ0n) is 15.1. The molecule has 0 radical (unpaired) electrons. The molecule has 0 saturated carbocycles. The van der Waals surface area contributed by atoms with Gasteiger partial charge in [-0.1, -0.05) is 24.9 Å². The van der Waals surface area contributed by atoms with Crippen molar-refractivity contribution in [1.29, 1.82) is 0 Å². The standard InChI is InChI=1S/C18H20BrClN4O3/c1-3-4-5-27-18(25)24-8-11-14(9-24)22-17(21)23-16(11)10-6-15(26-2)12(19)7-13(10)20/h6-7H,3-5,8-9H2,1-2H3,(H2,21,22,23). The summed E-state index contributed by atoms with van der Waals surface area (Å²) in [5.41, 5.74) is 8.67. The van der Waals surface area contributed by atoms with Crippen LogP contribution < -0.4 is 10.5 Å². The number of rotatable bonds is 5. The molecule has 0 saturated heterocycles. The fourth-order valence-corrected chi connectivity index (χ4v) is 3.78. The molecular formula is C18H20BrClN4O3. The summed E-state index contributed by atoms with van der Waals surface area (Å²) in [6.07, 6.45) is 1.42. The van der Waals surface area contributed by atoms with Crippen molar-refractivity contribution >= 4 is 39.6 Å². The summed E-state index contributed by atoms with van der Waals surface area (Å²) in [6.45, 7) is 3.11. The second kappa shape index (κ2) is 8.31. The van der Waals surface area contributed by atoms with Crippen LogP contribution in [-0.4, -0.2) is 34.7 Å². The van der Waals surface area contributed by atoms with Gasteiger partial charge in [-0.25, -0.2) is 14.8 Å². The summed E-state index contributed by atoms with van der Waals surface area (Å²) in [7, 11) is 1.57. The molecule has 0 fully saturated rings. The number of anilines is 1. The molecule has 7 nitrogen and oxygen atoms in total. The minimum Gasteiger partial charge on any atom is -0.496 e. The molecule has 0 unspecified atom stereocenters. The van der Waals surface area contributed by atoms with E-state index in [-0.39, 0.29) is 12.0 Å². The molecule has 144 valence electrons. The number of carbonyl (C=O) groups is 1. The lowest BCUT2D eigenvalue weighted by Gasteiger charge is -2.15. The van der Waals surface area contributed by atoms with Gasteiger partial charge in [-0.2, -0.15) is 0 Å². The van der Waals surface area contributed by atoms with Crippen molar-refractivity contribution in [2.75, 3.05) is 19.5 Å². The quantitative estimate of drug-likeness (QED) is 0.672. The molecule has 0 bridgehead atoms. The first-order chi connectivity index (χ1) is 12.9. The van der Waals surface area contributed by atoms with E-state index in [2.05, 4.69) is 25.9 Å². The van der Waals surface area contributed by atoms with Gasteiger partial charge >= 0.3 is 6.09 Å². The van der Waals surface area contributed by atoms with E-state index in [4.69, 9.17) is 26.8 Å². The van der Waals surface area contributed by atoms with Gasteiger partial charge in [0.2, 0.25) is 5.95 Å². The maximum Gasteiger partial charge on any atom is 0.410 e. The third kappa shape index (κ3) is 4.11. The molecule has 27 heavy (non-hydrogen) atoms. The van der Waals surface area contributed by atoms with Gasteiger partial charge in [0.15, 0.2) is 0 Å². The van der Waals surface area contributed by atoms with Crippen LogP contribution in [0.4, 0.5) is 10.7 Å². The molecule has 1 aliphatic rings. The topological polar surface area (TPSA) is 90.6 Å². The van der Waals surface area contributed by atoms with Gasteiger partial charge in [-0.15, -0.1) is 0 Å². The number of nitrogen functional groups attached to an aromatic ring is 1. The van der Waals surface area contributed by atoms with Gasteiger partial charge in [0.25, 0.3) is 0 Å². The van der Waals surface area contributed by atoms with Crippen molar-refractivity contribution in [3.63, 3.8) is 0 Å². The minimum atomic E-state index is -0.370. The van der Waals surface area contributed by atoms with Crippen LogP contribution >= 0.6 is 27.5 Å². The van der Waals surface area contributed by atoms with Crippen LogP contribution in [0.25, 0.3) is 11.3 Å². The Kier molecular flexibility index (Phi) is 6.06. The number of halogens is 2. The molecule has 0 spiro atoms. The molecule has 2 heterocycles. The monoisotopic (exact) mass is 454 g/mol. The highest BCUT2D eigenvalue weighted by atomic mass is 79.9. The van der Waals surface area contributed by atoms with Crippen molar-refractivity contribution < 1.29 is 14.3 Å². The van der Waals surface area contributed by atoms with Gasteiger partial charge < -0.3 is 15.2 Å². The Labute approximate surface area is 171 Å². The van der Waals surface area contributed by atoms with E-state index < -0.39 is 0 Å². The molecule has 0 atom stereocenters. The lowest BCUT2D eigenvalue weighted by atomic mass is 10.1. The summed E-state index contributed by atoms with van der Waals surface area (Å²) >= 11 is 9.85. The number of benzene rings is 1. The van der Waals surface area contributed by atoms with Gasteiger partial charge in [-0.3, -0.25) is 4.90 Å². The Bertz CT molecular complexity index is 878. The molecule has 9 heteroatoms. The molecule has 1 amide bonds. The Morgan fingerprint density at radius 1 is 1.37 bits per heavy atom. The fourth-order valence-electron chi connectivity index (χ4n) is 2.89.